The van der Waals surface area contributed by atoms with E-state index in [9.17, 15) is 27.7 Å². The third kappa shape index (κ3) is 1.69. The van der Waals surface area contributed by atoms with Gasteiger partial charge in [0.2, 0.25) is 5.82 Å². The maximum Gasteiger partial charge on any atom is 0.419 e. The van der Waals surface area contributed by atoms with Gasteiger partial charge in [-0.1, -0.05) is 0 Å². The summed E-state index contributed by atoms with van der Waals surface area (Å²) in [6.45, 7) is 0. The van der Waals surface area contributed by atoms with Crippen LogP contribution in [0.2, 0.25) is 0 Å². The van der Waals surface area contributed by atoms with Crippen LogP contribution in [-0.4, -0.2) is 15.1 Å². The van der Waals surface area contributed by atoms with E-state index in [1.54, 1.807) is 0 Å². The van der Waals surface area contributed by atoms with E-state index in [0.29, 0.717) is 6.07 Å². The van der Waals surface area contributed by atoms with Crippen molar-refractivity contribution in [1.29, 1.82) is 0 Å². The molecule has 0 fully saturated rings. The van der Waals surface area contributed by atoms with Crippen LogP contribution in [0.1, 0.15) is 5.56 Å². The molecule has 2 aromatic rings. The molecule has 17 heavy (non-hydrogen) atoms. The molecular formula is C8H3F4N3O2. The molecule has 0 spiro atoms. The fraction of sp³-hybridized carbons (Fsp3) is 0.125. The van der Waals surface area contributed by atoms with E-state index < -0.39 is 28.2 Å². The quantitative estimate of drug-likeness (QED) is 0.479. The Hall–Kier alpha value is -2.19. The Morgan fingerprint density at radius 3 is 2.59 bits per heavy atom. The van der Waals surface area contributed by atoms with Crippen molar-refractivity contribution in [1.82, 2.24) is 10.2 Å². The number of fused-ring (bicyclic) bond motifs is 1. The van der Waals surface area contributed by atoms with Crippen molar-refractivity contribution < 1.29 is 22.5 Å². The Bertz CT molecular complexity index is 605. The number of hydrogen-bond acceptors (Lipinski definition) is 3. The second-order valence-electron chi connectivity index (χ2n) is 3.18. The molecule has 0 amide bonds. The largest absolute Gasteiger partial charge is 0.419 e. The van der Waals surface area contributed by atoms with Crippen molar-refractivity contribution in [3.63, 3.8) is 0 Å². The van der Waals surface area contributed by atoms with Crippen molar-refractivity contribution >= 4 is 16.6 Å². The number of H-pyrrole nitrogens is 1. The SMILES string of the molecule is O=[N+]([O-])c1c(F)c(C(F)(F)F)cc2cn[nH]c12. The van der Waals surface area contributed by atoms with Gasteiger partial charge in [-0.2, -0.15) is 22.7 Å². The number of aromatic amines is 1. The van der Waals surface area contributed by atoms with Gasteiger partial charge in [0.15, 0.2) is 0 Å². The lowest BCUT2D eigenvalue weighted by molar-refractivity contribution is -0.386. The average Bonchev–Trinajstić information content (AvgIpc) is 2.61. The lowest BCUT2D eigenvalue weighted by Gasteiger charge is -2.08. The van der Waals surface area contributed by atoms with E-state index in [1.807, 2.05) is 0 Å². The third-order valence-corrected chi connectivity index (χ3v) is 2.14. The molecule has 1 heterocycles. The first-order chi connectivity index (χ1) is 7.82. The van der Waals surface area contributed by atoms with Gasteiger partial charge in [-0.3, -0.25) is 15.2 Å². The zero-order valence-corrected chi connectivity index (χ0v) is 7.88. The normalized spacial score (nSPS) is 12.0. The van der Waals surface area contributed by atoms with Crippen LogP contribution in [0.3, 0.4) is 0 Å². The molecule has 0 bridgehead atoms. The summed E-state index contributed by atoms with van der Waals surface area (Å²) < 4.78 is 50.7. The standard InChI is InChI=1S/C8H3F4N3O2/c9-5-4(8(10,11)12)1-3-2-13-14-6(3)7(5)15(16)17/h1-2H,(H,13,14). The summed E-state index contributed by atoms with van der Waals surface area (Å²) in [7, 11) is 0. The number of nitrogens with zero attached hydrogens (tertiary/aromatic N) is 2. The average molecular weight is 249 g/mol. The summed E-state index contributed by atoms with van der Waals surface area (Å²) in [5.41, 5.74) is -3.31. The first-order valence-electron chi connectivity index (χ1n) is 4.19. The van der Waals surface area contributed by atoms with E-state index in [1.165, 1.54) is 0 Å². The lowest BCUT2D eigenvalue weighted by atomic mass is 10.1. The molecule has 0 atom stereocenters. The molecule has 1 N–H and O–H groups in total. The fourth-order valence-electron chi connectivity index (χ4n) is 1.43. The predicted molar refractivity (Wildman–Crippen MR) is 47.7 cm³/mol. The van der Waals surface area contributed by atoms with E-state index in [0.717, 1.165) is 6.20 Å². The third-order valence-electron chi connectivity index (χ3n) is 2.14. The smallest absolute Gasteiger partial charge is 0.271 e. The Morgan fingerprint density at radius 1 is 1.41 bits per heavy atom. The number of nitro groups is 1. The number of nitrogens with one attached hydrogen (secondary N) is 1. The summed E-state index contributed by atoms with van der Waals surface area (Å²) >= 11 is 0. The maximum atomic E-state index is 13.4. The number of alkyl halides is 3. The monoisotopic (exact) mass is 249 g/mol. The van der Waals surface area contributed by atoms with Crippen LogP contribution in [0, 0.1) is 15.9 Å². The summed E-state index contributed by atoms with van der Waals surface area (Å²) in [4.78, 5) is 9.35. The van der Waals surface area contributed by atoms with Gasteiger partial charge in [-0.15, -0.1) is 0 Å². The second-order valence-corrected chi connectivity index (χ2v) is 3.18. The minimum atomic E-state index is -5.00. The summed E-state index contributed by atoms with van der Waals surface area (Å²) in [5, 5.41) is 15.8. The molecule has 1 aromatic carbocycles. The van der Waals surface area contributed by atoms with Gasteiger partial charge >= 0.3 is 11.9 Å². The highest BCUT2D eigenvalue weighted by molar-refractivity contribution is 5.88. The molecule has 0 saturated carbocycles. The van der Waals surface area contributed by atoms with Gasteiger partial charge in [0, 0.05) is 5.39 Å². The van der Waals surface area contributed by atoms with Gasteiger partial charge in [0.1, 0.15) is 5.52 Å². The Kier molecular flexibility index (Phi) is 2.26. The molecule has 90 valence electrons. The van der Waals surface area contributed by atoms with Crippen LogP contribution >= 0.6 is 0 Å². The Morgan fingerprint density at radius 2 is 2.06 bits per heavy atom. The number of rotatable bonds is 1. The first kappa shape index (κ1) is 11.3. The van der Waals surface area contributed by atoms with Crippen LogP contribution in [0.5, 0.6) is 0 Å². The van der Waals surface area contributed by atoms with Crippen molar-refractivity contribution in [3.05, 3.63) is 33.8 Å². The van der Waals surface area contributed by atoms with Crippen molar-refractivity contribution in [2.45, 2.75) is 6.18 Å². The fourth-order valence-corrected chi connectivity index (χ4v) is 1.43. The van der Waals surface area contributed by atoms with E-state index in [-0.39, 0.29) is 10.9 Å². The summed E-state index contributed by atoms with van der Waals surface area (Å²) in [5.74, 6) is -1.92. The first-order valence-corrected chi connectivity index (χ1v) is 4.19. The highest BCUT2D eigenvalue weighted by atomic mass is 19.4. The number of halogens is 4. The molecular weight excluding hydrogens is 246 g/mol. The van der Waals surface area contributed by atoms with Gasteiger partial charge in [-0.05, 0) is 6.07 Å². The molecule has 5 nitrogen and oxygen atoms in total. The molecule has 0 saturated heterocycles. The van der Waals surface area contributed by atoms with Crippen LogP contribution < -0.4 is 0 Å². The minimum Gasteiger partial charge on any atom is -0.271 e. The molecule has 0 radical (unpaired) electrons. The molecule has 1 aromatic heterocycles. The molecule has 9 heteroatoms. The van der Waals surface area contributed by atoms with Gasteiger partial charge in [0.05, 0.1) is 16.7 Å². The van der Waals surface area contributed by atoms with E-state index in [2.05, 4.69) is 10.2 Å². The van der Waals surface area contributed by atoms with Crippen LogP contribution in [-0.2, 0) is 6.18 Å². The molecule has 0 aliphatic heterocycles. The van der Waals surface area contributed by atoms with E-state index in [4.69, 9.17) is 0 Å². The summed E-state index contributed by atoms with van der Waals surface area (Å²) in [6.07, 6.45) is -4.04. The molecule has 0 aliphatic rings. The lowest BCUT2D eigenvalue weighted by Crippen LogP contribution is -2.10. The second kappa shape index (κ2) is 3.40. The number of nitro benzene ring substituents is 1. The Balaban J connectivity index is 2.89. The highest BCUT2D eigenvalue weighted by Crippen LogP contribution is 2.38. The van der Waals surface area contributed by atoms with Crippen LogP contribution in [0.25, 0.3) is 10.9 Å². The minimum absolute atomic E-state index is 0.176. The predicted octanol–water partition coefficient (Wildman–Crippen LogP) is 2.63. The topological polar surface area (TPSA) is 71.8 Å². The number of aromatic nitrogens is 2. The van der Waals surface area contributed by atoms with Gasteiger partial charge in [-0.25, -0.2) is 0 Å². The molecule has 0 unspecified atom stereocenters. The number of benzene rings is 1. The summed E-state index contributed by atoms with van der Waals surface area (Å²) in [6, 6.07) is 0.473. The zero-order chi connectivity index (χ0) is 12.8. The molecule has 2 rings (SSSR count). The highest BCUT2D eigenvalue weighted by Gasteiger charge is 2.39. The van der Waals surface area contributed by atoms with E-state index >= 15 is 0 Å². The number of hydrogen-bond donors (Lipinski definition) is 1. The maximum absolute atomic E-state index is 13.4. The molecule has 0 aliphatic carbocycles. The van der Waals surface area contributed by atoms with Crippen molar-refractivity contribution in [3.8, 4) is 0 Å². The van der Waals surface area contributed by atoms with Crippen molar-refractivity contribution in [2.24, 2.45) is 0 Å². The van der Waals surface area contributed by atoms with Crippen LogP contribution in [0.15, 0.2) is 12.3 Å². The van der Waals surface area contributed by atoms with Crippen LogP contribution in [0.4, 0.5) is 23.2 Å². The van der Waals surface area contributed by atoms with Gasteiger partial charge in [0.25, 0.3) is 0 Å². The van der Waals surface area contributed by atoms with Gasteiger partial charge < -0.3 is 0 Å². The van der Waals surface area contributed by atoms with Crippen molar-refractivity contribution in [2.75, 3.05) is 0 Å². The zero-order valence-electron chi connectivity index (χ0n) is 7.88. The Labute approximate surface area is 90.2 Å².